The van der Waals surface area contributed by atoms with Gasteiger partial charge in [0.05, 0.1) is 9.83 Å². The number of aromatic hydroxyl groups is 1. The largest absolute Gasteiger partial charge is 0.502 e. The Balaban J connectivity index is 1.43. The van der Waals surface area contributed by atoms with Gasteiger partial charge in [-0.1, -0.05) is 23.7 Å². The lowest BCUT2D eigenvalue weighted by Gasteiger charge is -2.36. The molecule has 0 bridgehead atoms. The molecule has 0 aromatic heterocycles. The molecule has 0 aliphatic carbocycles. The molecule has 2 aliphatic heterocycles. The van der Waals surface area contributed by atoms with Crippen molar-refractivity contribution in [1.82, 2.24) is 4.90 Å². The Kier molecular flexibility index (Phi) is 5.65. The van der Waals surface area contributed by atoms with E-state index in [4.69, 9.17) is 11.6 Å². The van der Waals surface area contributed by atoms with Crippen LogP contribution in [0.4, 0.5) is 11.4 Å². The minimum atomic E-state index is -0.664. The van der Waals surface area contributed by atoms with Gasteiger partial charge in [-0.15, -0.1) is 0 Å². The third-order valence-electron chi connectivity index (χ3n) is 4.83. The normalized spacial score (nSPS) is 18.1. The van der Waals surface area contributed by atoms with Crippen LogP contribution in [0, 0.1) is 10.1 Å². The van der Waals surface area contributed by atoms with E-state index in [-0.39, 0.29) is 5.91 Å². The topological polar surface area (TPSA) is 99.3 Å². The van der Waals surface area contributed by atoms with Crippen molar-refractivity contribution in [3.05, 3.63) is 68.1 Å². The summed E-state index contributed by atoms with van der Waals surface area (Å²) in [4.78, 5) is 31.5. The lowest BCUT2D eigenvalue weighted by atomic mass is 10.1. The maximum absolute atomic E-state index is 12.3. The van der Waals surface area contributed by atoms with Gasteiger partial charge in [0, 0.05) is 43.0 Å². The zero-order valence-electron chi connectivity index (χ0n) is 15.7. The van der Waals surface area contributed by atoms with E-state index < -0.39 is 16.4 Å². The van der Waals surface area contributed by atoms with Crippen LogP contribution in [0.25, 0.3) is 6.08 Å². The van der Waals surface area contributed by atoms with Crippen LogP contribution in [0.1, 0.15) is 5.56 Å². The molecule has 0 saturated carbocycles. The van der Waals surface area contributed by atoms with Crippen LogP contribution in [-0.2, 0) is 4.79 Å². The molecule has 2 aromatic carbocycles. The molecular formula is C20H17ClN4O4S. The summed E-state index contributed by atoms with van der Waals surface area (Å²) < 4.78 is 0. The minimum absolute atomic E-state index is 0.372. The van der Waals surface area contributed by atoms with Gasteiger partial charge in [-0.2, -0.15) is 4.99 Å². The standard InChI is InChI=1S/C20H17ClN4O4S/c21-14-2-1-3-15(12-14)23-6-8-24(9-7-23)20-22-19(27)18(30-20)11-13-4-5-17(26)16(10-13)25(28)29/h1-5,10-12,26H,6-9H2/b18-11+. The summed E-state index contributed by atoms with van der Waals surface area (Å²) in [6, 6.07) is 11.7. The fourth-order valence-corrected chi connectivity index (χ4v) is 4.44. The number of carbonyl (C=O) groups is 1. The monoisotopic (exact) mass is 444 g/mol. The van der Waals surface area contributed by atoms with Crippen LogP contribution in [0.5, 0.6) is 5.75 Å². The highest BCUT2D eigenvalue weighted by Crippen LogP contribution is 2.33. The van der Waals surface area contributed by atoms with E-state index in [0.717, 1.165) is 18.8 Å². The maximum atomic E-state index is 12.3. The van der Waals surface area contributed by atoms with Crippen molar-refractivity contribution in [2.75, 3.05) is 31.1 Å². The predicted molar refractivity (Wildman–Crippen MR) is 118 cm³/mol. The smallest absolute Gasteiger partial charge is 0.311 e. The number of phenols is 1. The van der Waals surface area contributed by atoms with Crippen molar-refractivity contribution in [2.24, 2.45) is 4.99 Å². The molecular weight excluding hydrogens is 428 g/mol. The fourth-order valence-electron chi connectivity index (χ4n) is 3.29. The summed E-state index contributed by atoms with van der Waals surface area (Å²) in [5.74, 6) is -0.787. The molecule has 2 heterocycles. The van der Waals surface area contributed by atoms with Crippen LogP contribution in [0.3, 0.4) is 0 Å². The van der Waals surface area contributed by atoms with E-state index >= 15 is 0 Å². The Morgan fingerprint density at radius 2 is 1.87 bits per heavy atom. The third kappa shape index (κ3) is 4.27. The van der Waals surface area contributed by atoms with Gasteiger partial charge in [0.25, 0.3) is 5.91 Å². The van der Waals surface area contributed by atoms with Crippen LogP contribution < -0.4 is 4.90 Å². The minimum Gasteiger partial charge on any atom is -0.502 e. The molecule has 154 valence electrons. The zero-order chi connectivity index (χ0) is 21.3. The number of carbonyl (C=O) groups excluding carboxylic acids is 1. The molecule has 0 atom stereocenters. The Bertz CT molecular complexity index is 1080. The molecule has 1 fully saturated rings. The first-order chi connectivity index (χ1) is 14.4. The van der Waals surface area contributed by atoms with Crippen molar-refractivity contribution in [2.45, 2.75) is 0 Å². The maximum Gasteiger partial charge on any atom is 0.311 e. The number of amidine groups is 1. The Labute approximate surface area is 181 Å². The molecule has 0 unspecified atom stereocenters. The summed E-state index contributed by atoms with van der Waals surface area (Å²) >= 11 is 7.33. The average molecular weight is 445 g/mol. The number of nitrogens with zero attached hydrogens (tertiary/aromatic N) is 4. The predicted octanol–water partition coefficient (Wildman–Crippen LogP) is 3.75. The van der Waals surface area contributed by atoms with Crippen molar-refractivity contribution in [1.29, 1.82) is 0 Å². The first-order valence-electron chi connectivity index (χ1n) is 9.16. The number of aliphatic imine (C=N–C) groups is 1. The van der Waals surface area contributed by atoms with Crippen LogP contribution in [0.2, 0.25) is 5.02 Å². The SMILES string of the molecule is O=C1N=C(N2CCN(c3cccc(Cl)c3)CC2)S/C1=C/c1ccc(O)c([N+](=O)[O-])c1. The summed E-state index contributed by atoms with van der Waals surface area (Å²) in [7, 11) is 0. The van der Waals surface area contributed by atoms with E-state index in [1.807, 2.05) is 24.3 Å². The number of hydrogen-bond donors (Lipinski definition) is 1. The second-order valence-corrected chi connectivity index (χ2v) is 8.21. The Morgan fingerprint density at radius 3 is 2.57 bits per heavy atom. The fraction of sp³-hybridized carbons (Fsp3) is 0.200. The van der Waals surface area contributed by atoms with Gasteiger partial charge in [-0.3, -0.25) is 14.9 Å². The molecule has 2 aliphatic rings. The number of nitro benzene ring substituents is 1. The summed E-state index contributed by atoms with van der Waals surface area (Å²) in [5.41, 5.74) is 1.12. The quantitative estimate of drug-likeness (QED) is 0.437. The van der Waals surface area contributed by atoms with Gasteiger partial charge in [-0.25, -0.2) is 0 Å². The van der Waals surface area contributed by atoms with Gasteiger partial charge in [0.2, 0.25) is 0 Å². The highest BCUT2D eigenvalue weighted by molar-refractivity contribution is 8.18. The van der Waals surface area contributed by atoms with Gasteiger partial charge >= 0.3 is 5.69 Å². The lowest BCUT2D eigenvalue weighted by molar-refractivity contribution is -0.385. The van der Waals surface area contributed by atoms with Gasteiger partial charge < -0.3 is 14.9 Å². The molecule has 1 saturated heterocycles. The van der Waals surface area contributed by atoms with Gasteiger partial charge in [-0.05, 0) is 47.7 Å². The Morgan fingerprint density at radius 1 is 1.13 bits per heavy atom. The Hall–Kier alpha value is -3.04. The van der Waals surface area contributed by atoms with Crippen LogP contribution in [-0.4, -0.2) is 52.2 Å². The van der Waals surface area contributed by atoms with Crippen LogP contribution >= 0.6 is 23.4 Å². The summed E-state index contributed by atoms with van der Waals surface area (Å²) in [6.45, 7) is 2.97. The van der Waals surface area contributed by atoms with E-state index in [9.17, 15) is 20.0 Å². The average Bonchev–Trinajstić information content (AvgIpc) is 3.09. The van der Waals surface area contributed by atoms with Crippen molar-refractivity contribution < 1.29 is 14.8 Å². The number of rotatable bonds is 3. The molecule has 0 radical (unpaired) electrons. The van der Waals surface area contributed by atoms with Gasteiger partial charge in [0.15, 0.2) is 10.9 Å². The number of halogens is 1. The molecule has 1 N–H and O–H groups in total. The molecule has 30 heavy (non-hydrogen) atoms. The number of thioether (sulfide) groups is 1. The number of amides is 1. The second kappa shape index (κ2) is 8.37. The van der Waals surface area contributed by atoms with Gasteiger partial charge in [0.1, 0.15) is 0 Å². The number of anilines is 1. The number of benzene rings is 2. The molecule has 1 amide bonds. The van der Waals surface area contributed by atoms with Crippen molar-refractivity contribution in [3.63, 3.8) is 0 Å². The molecule has 4 rings (SSSR count). The number of phenolic OH excluding ortho intramolecular Hbond substituents is 1. The van der Waals surface area contributed by atoms with E-state index in [1.54, 1.807) is 6.08 Å². The number of hydrogen-bond acceptors (Lipinski definition) is 7. The molecule has 0 spiro atoms. The van der Waals surface area contributed by atoms with E-state index in [2.05, 4.69) is 14.8 Å². The lowest BCUT2D eigenvalue weighted by Crippen LogP contribution is -2.47. The molecule has 8 nitrogen and oxygen atoms in total. The van der Waals surface area contributed by atoms with E-state index in [1.165, 1.54) is 30.0 Å². The molecule has 10 heteroatoms. The number of piperazine rings is 1. The van der Waals surface area contributed by atoms with Crippen molar-refractivity contribution in [3.8, 4) is 5.75 Å². The summed E-state index contributed by atoms with van der Waals surface area (Å²) in [6.07, 6.45) is 1.55. The van der Waals surface area contributed by atoms with E-state index in [0.29, 0.717) is 33.7 Å². The first-order valence-corrected chi connectivity index (χ1v) is 10.4. The third-order valence-corrected chi connectivity index (χ3v) is 6.11. The second-order valence-electron chi connectivity index (χ2n) is 6.77. The zero-order valence-corrected chi connectivity index (χ0v) is 17.3. The highest BCUT2D eigenvalue weighted by Gasteiger charge is 2.28. The highest BCUT2D eigenvalue weighted by atomic mass is 35.5. The number of nitro groups is 1. The van der Waals surface area contributed by atoms with Crippen LogP contribution in [0.15, 0.2) is 52.4 Å². The molecule has 2 aromatic rings. The first kappa shape index (κ1) is 20.2. The van der Waals surface area contributed by atoms with Crippen molar-refractivity contribution >= 4 is 51.9 Å². The summed E-state index contributed by atoms with van der Waals surface area (Å²) in [5, 5.41) is 21.9.